The van der Waals surface area contributed by atoms with Crippen molar-refractivity contribution in [2.45, 2.75) is 6.92 Å². The van der Waals surface area contributed by atoms with E-state index in [9.17, 15) is 4.79 Å². The van der Waals surface area contributed by atoms with Gasteiger partial charge in [0, 0.05) is 11.6 Å². The minimum Gasteiger partial charge on any atom is -0.478 e. The fourth-order valence-corrected chi connectivity index (χ4v) is 2.59. The number of aromatic nitrogens is 1. The Morgan fingerprint density at radius 1 is 1.08 bits per heavy atom. The van der Waals surface area contributed by atoms with Crippen LogP contribution in [0.15, 0.2) is 53.7 Å². The van der Waals surface area contributed by atoms with Crippen molar-refractivity contribution < 1.29 is 9.90 Å². The van der Waals surface area contributed by atoms with Crippen molar-refractivity contribution in [3.05, 3.63) is 59.8 Å². The first-order valence-electron chi connectivity index (χ1n) is 7.28. The van der Waals surface area contributed by atoms with Gasteiger partial charge in [-0.25, -0.2) is 9.78 Å². The first-order valence-corrected chi connectivity index (χ1v) is 7.28. The van der Waals surface area contributed by atoms with Crippen LogP contribution in [0, 0.1) is 6.92 Å². The lowest BCUT2D eigenvalue weighted by Crippen LogP contribution is -2.22. The number of benzene rings is 2. The molecule has 1 aromatic heterocycles. The predicted molar refractivity (Wildman–Crippen MR) is 94.3 cm³/mol. The van der Waals surface area contributed by atoms with Gasteiger partial charge in [-0.15, -0.1) is 0 Å². The van der Waals surface area contributed by atoms with E-state index < -0.39 is 5.97 Å². The molecule has 0 spiro atoms. The topological polar surface area (TPSA) is 115 Å². The molecule has 0 radical (unpaired) electrons. The van der Waals surface area contributed by atoms with E-state index in [1.807, 2.05) is 31.2 Å². The number of fused-ring (bicyclic) bond motifs is 1. The van der Waals surface area contributed by atoms with Crippen LogP contribution in [0.1, 0.15) is 15.9 Å². The number of nitrogens with two attached hydrogens (primary N) is 2. The maximum Gasteiger partial charge on any atom is 0.335 e. The van der Waals surface area contributed by atoms with Crippen molar-refractivity contribution in [1.82, 2.24) is 4.98 Å². The highest BCUT2D eigenvalue weighted by atomic mass is 16.4. The van der Waals surface area contributed by atoms with E-state index in [1.54, 1.807) is 24.4 Å². The predicted octanol–water partition coefficient (Wildman–Crippen LogP) is 2.81. The fraction of sp³-hybridized carbons (Fsp3) is 0.0556. The average Bonchev–Trinajstić information content (AvgIpc) is 2.57. The zero-order chi connectivity index (χ0) is 17.3. The molecule has 3 aromatic rings. The van der Waals surface area contributed by atoms with Gasteiger partial charge in [0.25, 0.3) is 0 Å². The molecule has 120 valence electrons. The number of aliphatic imine (C=N–C) groups is 1. The molecule has 0 saturated heterocycles. The lowest BCUT2D eigenvalue weighted by Gasteiger charge is -2.09. The molecule has 0 fully saturated rings. The Bertz CT molecular complexity index is 976. The molecule has 6 nitrogen and oxygen atoms in total. The third kappa shape index (κ3) is 2.89. The Morgan fingerprint density at radius 3 is 2.54 bits per heavy atom. The molecule has 1 heterocycles. The number of hydrogen-bond acceptors (Lipinski definition) is 3. The summed E-state index contributed by atoms with van der Waals surface area (Å²) in [5, 5.41) is 10.9. The van der Waals surface area contributed by atoms with E-state index in [4.69, 9.17) is 16.6 Å². The number of rotatable bonds is 3. The third-order valence-electron chi connectivity index (χ3n) is 3.74. The van der Waals surface area contributed by atoms with Gasteiger partial charge in [0.2, 0.25) is 0 Å². The minimum absolute atomic E-state index is 0.0640. The second kappa shape index (κ2) is 6.00. The van der Waals surface area contributed by atoms with Crippen molar-refractivity contribution >= 4 is 28.5 Å². The standard InChI is InChI=1S/C18H16N4O2/c1-10-9-21-16(22-18(19)20)15-8-12(5-6-14(10)15)11-3-2-4-13(7-11)17(23)24/h2-9H,1H3,(H,23,24)(H4,19,20,21,22). The molecule has 5 N–H and O–H groups in total. The fourth-order valence-electron chi connectivity index (χ4n) is 2.59. The number of aryl methyl sites for hydroxylation is 1. The maximum absolute atomic E-state index is 11.2. The lowest BCUT2D eigenvalue weighted by molar-refractivity contribution is 0.0697. The smallest absolute Gasteiger partial charge is 0.335 e. The van der Waals surface area contributed by atoms with Gasteiger partial charge in [-0.2, -0.15) is 4.99 Å². The van der Waals surface area contributed by atoms with Gasteiger partial charge in [-0.05, 0) is 47.2 Å². The van der Waals surface area contributed by atoms with Gasteiger partial charge < -0.3 is 16.6 Å². The van der Waals surface area contributed by atoms with Crippen LogP contribution >= 0.6 is 0 Å². The summed E-state index contributed by atoms with van der Waals surface area (Å²) in [4.78, 5) is 19.5. The molecule has 0 aliphatic carbocycles. The van der Waals surface area contributed by atoms with Gasteiger partial charge in [0.1, 0.15) is 0 Å². The highest BCUT2D eigenvalue weighted by molar-refractivity contribution is 5.98. The molecule has 0 unspecified atom stereocenters. The number of carbonyl (C=O) groups is 1. The second-order valence-corrected chi connectivity index (χ2v) is 5.45. The maximum atomic E-state index is 11.2. The zero-order valence-electron chi connectivity index (χ0n) is 13.0. The summed E-state index contributed by atoms with van der Waals surface area (Å²) in [7, 11) is 0. The first kappa shape index (κ1) is 15.5. The first-order chi connectivity index (χ1) is 11.5. The molecular formula is C18H16N4O2. The molecule has 6 heteroatoms. The molecule has 0 saturated carbocycles. The van der Waals surface area contributed by atoms with E-state index in [1.165, 1.54) is 0 Å². The summed E-state index contributed by atoms with van der Waals surface area (Å²) in [6.45, 7) is 1.96. The van der Waals surface area contributed by atoms with E-state index in [-0.39, 0.29) is 11.5 Å². The van der Waals surface area contributed by atoms with Crippen LogP contribution in [0.2, 0.25) is 0 Å². The van der Waals surface area contributed by atoms with Crippen molar-refractivity contribution in [2.75, 3.05) is 0 Å². The van der Waals surface area contributed by atoms with Crippen LogP contribution in [-0.4, -0.2) is 22.0 Å². The number of aromatic carboxylic acids is 1. The molecule has 0 amide bonds. The van der Waals surface area contributed by atoms with Crippen molar-refractivity contribution in [3.8, 4) is 11.1 Å². The number of carboxylic acid groups (broad SMARTS) is 1. The Hall–Kier alpha value is -3.41. The van der Waals surface area contributed by atoms with Crippen molar-refractivity contribution in [2.24, 2.45) is 16.5 Å². The molecule has 3 rings (SSSR count). The van der Waals surface area contributed by atoms with E-state index in [0.717, 1.165) is 27.5 Å². The molecule has 0 bridgehead atoms. The highest BCUT2D eigenvalue weighted by Gasteiger charge is 2.09. The number of guanidine groups is 1. The van der Waals surface area contributed by atoms with Gasteiger partial charge in [0.05, 0.1) is 5.56 Å². The van der Waals surface area contributed by atoms with Gasteiger partial charge in [-0.1, -0.05) is 24.3 Å². The summed E-state index contributed by atoms with van der Waals surface area (Å²) in [6, 6.07) is 12.6. The Kier molecular flexibility index (Phi) is 3.87. The van der Waals surface area contributed by atoms with Gasteiger partial charge >= 0.3 is 5.97 Å². The minimum atomic E-state index is -0.962. The Morgan fingerprint density at radius 2 is 1.83 bits per heavy atom. The molecular weight excluding hydrogens is 304 g/mol. The number of hydrogen-bond donors (Lipinski definition) is 3. The number of carboxylic acids is 1. The molecule has 0 aliphatic heterocycles. The van der Waals surface area contributed by atoms with Crippen LogP contribution in [0.5, 0.6) is 0 Å². The zero-order valence-corrected chi connectivity index (χ0v) is 13.0. The summed E-state index contributed by atoms with van der Waals surface area (Å²) in [6.07, 6.45) is 1.72. The van der Waals surface area contributed by atoms with E-state index >= 15 is 0 Å². The summed E-state index contributed by atoms with van der Waals surface area (Å²) >= 11 is 0. The molecule has 0 aliphatic rings. The highest BCUT2D eigenvalue weighted by Crippen LogP contribution is 2.31. The Balaban J connectivity index is 2.22. The third-order valence-corrected chi connectivity index (χ3v) is 3.74. The molecule has 24 heavy (non-hydrogen) atoms. The van der Waals surface area contributed by atoms with Gasteiger partial charge in [-0.3, -0.25) is 0 Å². The second-order valence-electron chi connectivity index (χ2n) is 5.45. The molecule has 2 aromatic carbocycles. The average molecular weight is 320 g/mol. The van der Waals surface area contributed by atoms with Crippen molar-refractivity contribution in [1.29, 1.82) is 0 Å². The quantitative estimate of drug-likeness (QED) is 0.507. The summed E-state index contributed by atoms with van der Waals surface area (Å²) in [5.41, 5.74) is 13.9. The number of pyridine rings is 1. The molecule has 0 atom stereocenters. The lowest BCUT2D eigenvalue weighted by atomic mass is 9.99. The van der Waals surface area contributed by atoms with Crippen LogP contribution in [-0.2, 0) is 0 Å². The van der Waals surface area contributed by atoms with Crippen molar-refractivity contribution in [3.63, 3.8) is 0 Å². The summed E-state index contributed by atoms with van der Waals surface area (Å²) in [5.74, 6) is -0.589. The van der Waals surface area contributed by atoms with Crippen LogP contribution < -0.4 is 11.5 Å². The monoisotopic (exact) mass is 320 g/mol. The number of nitrogens with zero attached hydrogens (tertiary/aromatic N) is 2. The Labute approximate surface area is 138 Å². The van der Waals surface area contributed by atoms with Crippen LogP contribution in [0.3, 0.4) is 0 Å². The van der Waals surface area contributed by atoms with Crippen LogP contribution in [0.25, 0.3) is 21.9 Å². The van der Waals surface area contributed by atoms with Crippen LogP contribution in [0.4, 0.5) is 5.82 Å². The SMILES string of the molecule is Cc1cnc(N=C(N)N)c2cc(-c3cccc(C(=O)O)c3)ccc12. The van der Waals surface area contributed by atoms with E-state index in [0.29, 0.717) is 5.82 Å². The van der Waals surface area contributed by atoms with E-state index in [2.05, 4.69) is 9.98 Å². The summed E-state index contributed by atoms with van der Waals surface area (Å²) < 4.78 is 0. The largest absolute Gasteiger partial charge is 0.478 e. The normalized spacial score (nSPS) is 10.5. The van der Waals surface area contributed by atoms with Gasteiger partial charge in [0.15, 0.2) is 11.8 Å².